The van der Waals surface area contributed by atoms with Gasteiger partial charge in [0, 0.05) is 33.2 Å². The van der Waals surface area contributed by atoms with E-state index in [1.165, 1.54) is 4.31 Å². The lowest BCUT2D eigenvalue weighted by Gasteiger charge is -2.37. The Hall–Kier alpha value is -2.68. The number of ether oxygens (including phenoxy) is 1. The first kappa shape index (κ1) is 22.5. The first-order valence-corrected chi connectivity index (χ1v) is 11.8. The fourth-order valence-corrected chi connectivity index (χ4v) is 4.96. The van der Waals surface area contributed by atoms with Crippen LogP contribution in [0.3, 0.4) is 0 Å². The van der Waals surface area contributed by atoms with Gasteiger partial charge in [-0.2, -0.15) is 5.10 Å². The van der Waals surface area contributed by atoms with Crippen LogP contribution in [0.1, 0.15) is 37.1 Å². The molecule has 1 aromatic heterocycles. The Kier molecular flexibility index (Phi) is 6.93. The zero-order valence-electron chi connectivity index (χ0n) is 17.6. The minimum absolute atomic E-state index is 0.0200. The van der Waals surface area contributed by atoms with Crippen LogP contribution in [0.2, 0.25) is 5.02 Å². The molecule has 0 fully saturated rings. The summed E-state index contributed by atoms with van der Waals surface area (Å²) in [7, 11) is 0. The van der Waals surface area contributed by atoms with Crippen molar-refractivity contribution in [3.8, 4) is 11.1 Å². The van der Waals surface area contributed by atoms with E-state index < -0.39 is 11.3 Å². The molecule has 1 aliphatic carbocycles. The average molecular weight is 473 g/mol. The summed E-state index contributed by atoms with van der Waals surface area (Å²) >= 11 is 3.48. The molecule has 168 valence electrons. The molecule has 7 nitrogen and oxygen atoms in total. The van der Waals surface area contributed by atoms with Crippen molar-refractivity contribution in [2.45, 2.75) is 38.8 Å². The monoisotopic (exact) mass is 472 g/mol. The Balaban J connectivity index is 1.62. The number of hydrogen-bond donors (Lipinski definition) is 0. The number of benzene rings is 2. The van der Waals surface area contributed by atoms with Crippen molar-refractivity contribution >= 4 is 34.5 Å². The van der Waals surface area contributed by atoms with Gasteiger partial charge in [0.1, 0.15) is 6.54 Å². The predicted molar refractivity (Wildman–Crippen MR) is 123 cm³/mol. The largest absolute Gasteiger partial charge is 0.755 e. The molecule has 0 aliphatic heterocycles. The zero-order valence-corrected chi connectivity index (χ0v) is 19.1. The summed E-state index contributed by atoms with van der Waals surface area (Å²) in [6.07, 6.45) is 3.87. The van der Waals surface area contributed by atoms with Crippen LogP contribution in [0.15, 0.2) is 54.7 Å². The lowest BCUT2D eigenvalue weighted by Crippen LogP contribution is -2.33. The Morgan fingerprint density at radius 2 is 1.88 bits per heavy atom. The normalized spacial score (nSPS) is 16.3. The van der Waals surface area contributed by atoms with Crippen LogP contribution < -0.4 is 4.31 Å². The topological polar surface area (TPSA) is 87.5 Å². The van der Waals surface area contributed by atoms with Crippen molar-refractivity contribution in [1.29, 1.82) is 0 Å². The van der Waals surface area contributed by atoms with E-state index >= 15 is 0 Å². The SMILES string of the molecule is CCOC(=O)Cn1ncc2c1CCCC2N(c1ccc(-c2ccc(Cl)cc2)cc1)S(=O)[O-]. The number of fused-ring (bicyclic) bond motifs is 1. The van der Waals surface area contributed by atoms with Crippen LogP contribution in [-0.4, -0.2) is 31.1 Å². The van der Waals surface area contributed by atoms with E-state index in [0.717, 1.165) is 35.2 Å². The molecule has 9 heteroatoms. The van der Waals surface area contributed by atoms with Crippen molar-refractivity contribution in [2.75, 3.05) is 10.9 Å². The molecule has 0 N–H and O–H groups in total. The fraction of sp³-hybridized carbons (Fsp3) is 0.304. The molecular formula is C23H23ClN3O4S-. The molecule has 4 rings (SSSR count). The second-order valence-corrected chi connectivity index (χ2v) is 8.78. The third-order valence-electron chi connectivity index (χ3n) is 5.56. The molecule has 2 unspecified atom stereocenters. The van der Waals surface area contributed by atoms with E-state index in [-0.39, 0.29) is 18.6 Å². The highest BCUT2D eigenvalue weighted by molar-refractivity contribution is 7.80. The number of aromatic nitrogens is 2. The minimum Gasteiger partial charge on any atom is -0.755 e. The highest BCUT2D eigenvalue weighted by Crippen LogP contribution is 2.38. The highest BCUT2D eigenvalue weighted by Gasteiger charge is 2.30. The summed E-state index contributed by atoms with van der Waals surface area (Å²) in [6, 6.07) is 14.5. The van der Waals surface area contributed by atoms with Crippen LogP contribution in [0.25, 0.3) is 11.1 Å². The van der Waals surface area contributed by atoms with Crippen molar-refractivity contribution in [2.24, 2.45) is 0 Å². The van der Waals surface area contributed by atoms with Gasteiger partial charge >= 0.3 is 5.97 Å². The summed E-state index contributed by atoms with van der Waals surface area (Å²) in [4.78, 5) is 11.9. The second-order valence-electron chi connectivity index (χ2n) is 7.51. The molecule has 1 aliphatic rings. The van der Waals surface area contributed by atoms with Gasteiger partial charge in [0.05, 0.1) is 18.8 Å². The molecule has 0 saturated carbocycles. The fourth-order valence-electron chi connectivity index (χ4n) is 4.12. The van der Waals surface area contributed by atoms with Gasteiger partial charge in [-0.25, -0.2) is 0 Å². The molecule has 3 aromatic rings. The molecular weight excluding hydrogens is 450 g/mol. The van der Waals surface area contributed by atoms with Crippen LogP contribution in [0, 0.1) is 0 Å². The number of hydrogen-bond acceptors (Lipinski definition) is 5. The van der Waals surface area contributed by atoms with Gasteiger partial charge < -0.3 is 9.29 Å². The van der Waals surface area contributed by atoms with Crippen molar-refractivity contribution < 1.29 is 18.3 Å². The standard InChI is InChI=1S/C23H24ClN3O4S/c1-2-31-23(28)15-26-21-4-3-5-22(20(21)14-25-26)27(32(29)30)19-12-8-17(9-13-19)16-6-10-18(24)11-7-16/h6-14,22H,2-5,15H2,1H3,(H,29,30)/p-1. The number of nitrogens with zero attached hydrogens (tertiary/aromatic N) is 3. The third kappa shape index (κ3) is 4.72. The smallest absolute Gasteiger partial charge is 0.327 e. The van der Waals surface area contributed by atoms with Gasteiger partial charge in [0.2, 0.25) is 0 Å². The Labute approximate surface area is 194 Å². The molecule has 0 spiro atoms. The predicted octanol–water partition coefficient (Wildman–Crippen LogP) is 4.44. The Morgan fingerprint density at radius 3 is 2.50 bits per heavy atom. The summed E-state index contributed by atoms with van der Waals surface area (Å²) < 4.78 is 32.6. The summed E-state index contributed by atoms with van der Waals surface area (Å²) in [5.74, 6) is -0.359. The van der Waals surface area contributed by atoms with E-state index in [9.17, 15) is 13.6 Å². The number of carbonyl (C=O) groups excluding carboxylic acids is 1. The highest BCUT2D eigenvalue weighted by atomic mass is 35.5. The van der Waals surface area contributed by atoms with Gasteiger partial charge in [-0.3, -0.25) is 18.0 Å². The lowest BCUT2D eigenvalue weighted by molar-refractivity contribution is -0.144. The maximum Gasteiger partial charge on any atom is 0.327 e. The second kappa shape index (κ2) is 9.85. The number of carbonyl (C=O) groups is 1. The summed E-state index contributed by atoms with van der Waals surface area (Å²) in [5, 5.41) is 5.01. The summed E-state index contributed by atoms with van der Waals surface area (Å²) in [6.45, 7) is 2.08. The van der Waals surface area contributed by atoms with Crippen LogP contribution in [0.5, 0.6) is 0 Å². The van der Waals surface area contributed by atoms with Gasteiger partial charge in [0.25, 0.3) is 0 Å². The number of anilines is 1. The molecule has 0 radical (unpaired) electrons. The quantitative estimate of drug-likeness (QED) is 0.374. The van der Waals surface area contributed by atoms with Gasteiger partial charge in [-0.15, -0.1) is 0 Å². The number of halogens is 1. The molecule has 0 saturated heterocycles. The number of rotatable bonds is 7. The zero-order chi connectivity index (χ0) is 22.7. The van der Waals surface area contributed by atoms with Gasteiger partial charge in [0.15, 0.2) is 0 Å². The van der Waals surface area contributed by atoms with E-state index in [2.05, 4.69) is 5.10 Å². The van der Waals surface area contributed by atoms with Crippen LogP contribution in [-0.2, 0) is 33.8 Å². The van der Waals surface area contributed by atoms with E-state index in [4.69, 9.17) is 16.3 Å². The Morgan fingerprint density at radius 1 is 1.22 bits per heavy atom. The molecule has 2 aromatic carbocycles. The third-order valence-corrected chi connectivity index (χ3v) is 6.60. The lowest BCUT2D eigenvalue weighted by atomic mass is 9.92. The van der Waals surface area contributed by atoms with Crippen molar-refractivity contribution in [3.63, 3.8) is 0 Å². The van der Waals surface area contributed by atoms with Crippen LogP contribution >= 0.6 is 11.6 Å². The van der Waals surface area contributed by atoms with Gasteiger partial charge in [-0.05, 0) is 61.6 Å². The van der Waals surface area contributed by atoms with E-state index in [0.29, 0.717) is 23.7 Å². The number of esters is 1. The van der Waals surface area contributed by atoms with Crippen molar-refractivity contribution in [1.82, 2.24) is 9.78 Å². The average Bonchev–Trinajstić information content (AvgIpc) is 3.18. The Bertz CT molecular complexity index is 1120. The van der Waals surface area contributed by atoms with Crippen molar-refractivity contribution in [3.05, 3.63) is 71.0 Å². The molecule has 2 atom stereocenters. The molecule has 0 amide bonds. The molecule has 0 bridgehead atoms. The minimum atomic E-state index is -2.48. The maximum absolute atomic E-state index is 12.3. The van der Waals surface area contributed by atoms with E-state index in [1.54, 1.807) is 29.9 Å². The maximum atomic E-state index is 12.3. The van der Waals surface area contributed by atoms with Gasteiger partial charge in [-0.1, -0.05) is 35.9 Å². The molecule has 1 heterocycles. The first-order chi connectivity index (χ1) is 15.5. The van der Waals surface area contributed by atoms with Crippen LogP contribution in [0.4, 0.5) is 5.69 Å². The first-order valence-electron chi connectivity index (χ1n) is 10.4. The van der Waals surface area contributed by atoms with E-state index in [1.807, 2.05) is 36.4 Å². The summed E-state index contributed by atoms with van der Waals surface area (Å²) in [5.41, 5.74) is 4.24. The molecule has 32 heavy (non-hydrogen) atoms.